The smallest absolute Gasteiger partial charge is 0.256 e. The molecular formula is C13H20ClN4O2+. The van der Waals surface area contributed by atoms with Gasteiger partial charge in [0.2, 0.25) is 6.21 Å². The molecule has 20 heavy (non-hydrogen) atoms. The second-order valence-corrected chi connectivity index (χ2v) is 4.33. The molecule has 6 nitrogen and oxygen atoms in total. The molecule has 0 aliphatic carbocycles. The van der Waals surface area contributed by atoms with Crippen LogP contribution in [0.3, 0.4) is 0 Å². The van der Waals surface area contributed by atoms with Gasteiger partial charge in [-0.15, -0.1) is 5.10 Å². The van der Waals surface area contributed by atoms with Crippen molar-refractivity contribution in [3.05, 3.63) is 22.7 Å². The minimum Gasteiger partial charge on any atom is -0.490 e. The van der Waals surface area contributed by atoms with E-state index < -0.39 is 0 Å². The van der Waals surface area contributed by atoms with Crippen molar-refractivity contribution in [3.63, 3.8) is 0 Å². The van der Waals surface area contributed by atoms with Crippen molar-refractivity contribution in [1.82, 2.24) is 0 Å². The fourth-order valence-corrected chi connectivity index (χ4v) is 1.73. The molecule has 0 aliphatic heterocycles. The topological polar surface area (TPSA) is 96.8 Å². The third kappa shape index (κ3) is 4.97. The maximum Gasteiger partial charge on any atom is 0.256 e. The monoisotopic (exact) mass is 299 g/mol. The van der Waals surface area contributed by atoms with Gasteiger partial charge in [0.15, 0.2) is 11.5 Å². The van der Waals surface area contributed by atoms with Crippen molar-refractivity contribution >= 4 is 23.8 Å². The second kappa shape index (κ2) is 8.27. The Hall–Kier alpha value is -1.95. The molecule has 0 unspecified atom stereocenters. The molecule has 0 amide bonds. The van der Waals surface area contributed by atoms with Gasteiger partial charge in [-0.3, -0.25) is 0 Å². The van der Waals surface area contributed by atoms with Gasteiger partial charge in [-0.25, -0.2) is 0 Å². The Morgan fingerprint density at radius 2 is 2.10 bits per heavy atom. The third-order valence-electron chi connectivity index (χ3n) is 2.21. The first-order chi connectivity index (χ1) is 9.58. The average molecular weight is 300 g/mol. The minimum absolute atomic E-state index is 0.0553. The van der Waals surface area contributed by atoms with E-state index in [1.807, 2.05) is 13.8 Å². The highest BCUT2D eigenvalue weighted by atomic mass is 35.5. The van der Waals surface area contributed by atoms with E-state index in [1.165, 1.54) is 0 Å². The Morgan fingerprint density at radius 1 is 1.35 bits per heavy atom. The van der Waals surface area contributed by atoms with Crippen LogP contribution in [0.1, 0.15) is 25.8 Å². The molecule has 1 rings (SSSR count). The number of rotatable bonds is 7. The normalized spacial score (nSPS) is 10.6. The Morgan fingerprint density at radius 3 is 2.70 bits per heavy atom. The predicted molar refractivity (Wildman–Crippen MR) is 80.3 cm³/mol. The molecule has 110 valence electrons. The zero-order chi connectivity index (χ0) is 15.0. The SMILES string of the molecule is CCCOc1c(Cl)cc(/C=[NH+]/N=C(N)N)cc1OCC. The fourth-order valence-electron chi connectivity index (χ4n) is 1.46. The maximum absolute atomic E-state index is 6.21. The number of ether oxygens (including phenoxy) is 2. The summed E-state index contributed by atoms with van der Waals surface area (Å²) in [7, 11) is 0. The van der Waals surface area contributed by atoms with Gasteiger partial charge in [0.1, 0.15) is 0 Å². The molecule has 0 atom stereocenters. The molecule has 0 aromatic heterocycles. The lowest BCUT2D eigenvalue weighted by molar-refractivity contribution is -0.456. The van der Waals surface area contributed by atoms with Crippen LogP contribution >= 0.6 is 11.6 Å². The first kappa shape index (κ1) is 16.1. The van der Waals surface area contributed by atoms with Crippen molar-refractivity contribution in [3.8, 4) is 11.5 Å². The first-order valence-electron chi connectivity index (χ1n) is 6.35. The summed E-state index contributed by atoms with van der Waals surface area (Å²) in [5.41, 5.74) is 11.2. The third-order valence-corrected chi connectivity index (χ3v) is 2.49. The average Bonchev–Trinajstić information content (AvgIpc) is 2.38. The number of benzene rings is 1. The zero-order valence-corrected chi connectivity index (χ0v) is 12.4. The first-order valence-corrected chi connectivity index (χ1v) is 6.72. The van der Waals surface area contributed by atoms with Crippen LogP contribution in [0.15, 0.2) is 17.2 Å². The van der Waals surface area contributed by atoms with Crippen molar-refractivity contribution in [1.29, 1.82) is 0 Å². The zero-order valence-electron chi connectivity index (χ0n) is 11.6. The van der Waals surface area contributed by atoms with Crippen molar-refractivity contribution < 1.29 is 14.6 Å². The lowest BCUT2D eigenvalue weighted by atomic mass is 10.2. The quantitative estimate of drug-likeness (QED) is 0.381. The highest BCUT2D eigenvalue weighted by Gasteiger charge is 2.12. The number of nitrogens with zero attached hydrogens (tertiary/aromatic N) is 1. The molecule has 1 aromatic carbocycles. The molecule has 5 N–H and O–H groups in total. The predicted octanol–water partition coefficient (Wildman–Crippen LogP) is 0.215. The van der Waals surface area contributed by atoms with Crippen molar-refractivity contribution in [2.45, 2.75) is 20.3 Å². The molecule has 0 fully saturated rings. The second-order valence-electron chi connectivity index (χ2n) is 3.92. The molecule has 7 heteroatoms. The summed E-state index contributed by atoms with van der Waals surface area (Å²) in [5.74, 6) is 1.08. The van der Waals surface area contributed by atoms with Crippen LogP contribution in [0.25, 0.3) is 0 Å². The number of halogens is 1. The lowest BCUT2D eigenvalue weighted by Gasteiger charge is -2.13. The van der Waals surface area contributed by atoms with Crippen LogP contribution in [0, 0.1) is 0 Å². The largest absolute Gasteiger partial charge is 0.490 e. The van der Waals surface area contributed by atoms with Crippen LogP contribution in [0.2, 0.25) is 5.02 Å². The van der Waals surface area contributed by atoms with Crippen LogP contribution in [0.4, 0.5) is 0 Å². The van der Waals surface area contributed by atoms with Gasteiger partial charge in [-0.2, -0.15) is 0 Å². The number of nitrogens with one attached hydrogen (secondary N) is 1. The number of nitrogens with two attached hydrogens (primary N) is 2. The van der Waals surface area contributed by atoms with E-state index in [1.54, 1.807) is 18.3 Å². The minimum atomic E-state index is -0.0553. The summed E-state index contributed by atoms with van der Waals surface area (Å²) in [6.07, 6.45) is 2.50. The Kier molecular flexibility index (Phi) is 6.66. The number of hydrogen-bond acceptors (Lipinski definition) is 3. The summed E-state index contributed by atoms with van der Waals surface area (Å²) in [6, 6.07) is 3.54. The number of hydrazone groups is 1. The van der Waals surface area contributed by atoms with E-state index in [0.717, 1.165) is 12.0 Å². The Bertz CT molecular complexity index is 499. The molecule has 0 aliphatic rings. The highest BCUT2D eigenvalue weighted by molar-refractivity contribution is 6.32. The summed E-state index contributed by atoms with van der Waals surface area (Å²) in [6.45, 7) is 5.01. The van der Waals surface area contributed by atoms with Crippen molar-refractivity contribution in [2.75, 3.05) is 13.2 Å². The van der Waals surface area contributed by atoms with Crippen molar-refractivity contribution in [2.24, 2.45) is 16.6 Å². The van der Waals surface area contributed by atoms with Crippen LogP contribution in [-0.2, 0) is 0 Å². The van der Waals surface area contributed by atoms with E-state index in [-0.39, 0.29) is 5.96 Å². The number of guanidine groups is 1. The van der Waals surface area contributed by atoms with Gasteiger partial charge >= 0.3 is 0 Å². The van der Waals surface area contributed by atoms with Crippen LogP contribution in [-0.4, -0.2) is 25.4 Å². The van der Waals surface area contributed by atoms with E-state index in [2.05, 4.69) is 10.2 Å². The summed E-state index contributed by atoms with van der Waals surface area (Å²) >= 11 is 6.21. The van der Waals surface area contributed by atoms with E-state index >= 15 is 0 Å². The molecule has 1 aromatic rings. The maximum atomic E-state index is 6.21. The Balaban J connectivity index is 3.05. The van der Waals surface area contributed by atoms with Gasteiger partial charge in [0.25, 0.3) is 5.96 Å². The van der Waals surface area contributed by atoms with Crippen LogP contribution < -0.4 is 26.0 Å². The molecular weight excluding hydrogens is 280 g/mol. The Labute approximate surface area is 123 Å². The summed E-state index contributed by atoms with van der Waals surface area (Å²) < 4.78 is 11.1. The standard InChI is InChI=1S/C13H19ClN4O2/c1-3-5-20-12-10(14)6-9(7-11(12)19-4-2)8-17-18-13(15)16/h6-8H,3-5H2,1-2H3,(H4,15,16,18)/p+1/b17-8+. The van der Waals surface area contributed by atoms with Gasteiger partial charge < -0.3 is 20.9 Å². The molecule has 0 saturated heterocycles. The molecule has 0 saturated carbocycles. The van der Waals surface area contributed by atoms with Crippen LogP contribution in [0.5, 0.6) is 11.5 Å². The number of hydrogen-bond donors (Lipinski definition) is 3. The fraction of sp³-hybridized carbons (Fsp3) is 0.385. The van der Waals surface area contributed by atoms with Gasteiger partial charge in [-0.05, 0) is 25.5 Å². The van der Waals surface area contributed by atoms with E-state index in [9.17, 15) is 0 Å². The van der Waals surface area contributed by atoms with E-state index in [0.29, 0.717) is 29.7 Å². The lowest BCUT2D eigenvalue weighted by Crippen LogP contribution is -2.63. The highest BCUT2D eigenvalue weighted by Crippen LogP contribution is 2.36. The summed E-state index contributed by atoms with van der Waals surface area (Å²) in [5, 5.41) is 6.74. The van der Waals surface area contributed by atoms with E-state index in [4.69, 9.17) is 32.5 Å². The van der Waals surface area contributed by atoms with Gasteiger partial charge in [0, 0.05) is 10.7 Å². The molecule has 0 spiro atoms. The molecule has 0 bridgehead atoms. The summed E-state index contributed by atoms with van der Waals surface area (Å²) in [4.78, 5) is 0. The molecule has 0 radical (unpaired) electrons. The molecule has 0 heterocycles. The van der Waals surface area contributed by atoms with Gasteiger partial charge in [0.05, 0.1) is 18.2 Å². The van der Waals surface area contributed by atoms with Gasteiger partial charge in [-0.1, -0.05) is 18.5 Å².